The maximum Gasteiger partial charge on any atom is 0.214 e. The molecule has 0 aromatic carbocycles. The fraction of sp³-hybridized carbons (Fsp3) is 0.471. The van der Waals surface area contributed by atoms with Gasteiger partial charge in [0.15, 0.2) is 5.41 Å². The molecular formula is C17H15N5O2. The van der Waals surface area contributed by atoms with E-state index in [0.29, 0.717) is 12.1 Å². The molecule has 3 rings (SSSR count). The van der Waals surface area contributed by atoms with Crippen LogP contribution >= 0.6 is 0 Å². The highest BCUT2D eigenvalue weighted by molar-refractivity contribution is 5.89. The van der Waals surface area contributed by atoms with Gasteiger partial charge in [-0.05, 0) is 18.6 Å². The van der Waals surface area contributed by atoms with Gasteiger partial charge in [0.2, 0.25) is 17.1 Å². The van der Waals surface area contributed by atoms with Gasteiger partial charge in [0.25, 0.3) is 0 Å². The van der Waals surface area contributed by atoms with Crippen LogP contribution in [-0.2, 0) is 9.47 Å². The molecule has 7 nitrogen and oxygen atoms in total. The van der Waals surface area contributed by atoms with Gasteiger partial charge < -0.3 is 9.47 Å². The predicted molar refractivity (Wildman–Crippen MR) is 80.8 cm³/mol. The molecule has 24 heavy (non-hydrogen) atoms. The molecule has 0 radical (unpaired) electrons. The predicted octanol–water partition coefficient (Wildman–Crippen LogP) is 2.45. The Morgan fingerprint density at radius 2 is 1.96 bits per heavy atom. The Morgan fingerprint density at radius 1 is 1.25 bits per heavy atom. The molecule has 7 heteroatoms. The summed E-state index contributed by atoms with van der Waals surface area (Å²) in [6.07, 6.45) is 0.857. The van der Waals surface area contributed by atoms with Gasteiger partial charge in [0, 0.05) is 13.1 Å². The molecular weight excluding hydrogens is 306 g/mol. The van der Waals surface area contributed by atoms with Crippen LogP contribution in [0.5, 0.6) is 0 Å². The van der Waals surface area contributed by atoms with Crippen molar-refractivity contribution in [2.45, 2.75) is 32.2 Å². The minimum absolute atomic E-state index is 0.360. The fourth-order valence-electron chi connectivity index (χ4n) is 4.02. The molecule has 1 N–H and O–H groups in total. The SMILES string of the molecule is CCC1C2(C)OC(=N)C1(C#N)C(C#N)(C#N)C(c1ccccn1)O2. The van der Waals surface area contributed by atoms with Gasteiger partial charge in [-0.25, -0.2) is 0 Å². The number of pyridine rings is 1. The van der Waals surface area contributed by atoms with Crippen LogP contribution in [-0.4, -0.2) is 16.7 Å². The Labute approximate surface area is 139 Å². The lowest BCUT2D eigenvalue weighted by Gasteiger charge is -2.48. The summed E-state index contributed by atoms with van der Waals surface area (Å²) in [7, 11) is 0. The lowest BCUT2D eigenvalue weighted by molar-refractivity contribution is -0.274. The van der Waals surface area contributed by atoms with Gasteiger partial charge in [-0.2, -0.15) is 15.8 Å². The third-order valence-corrected chi connectivity index (χ3v) is 5.08. The van der Waals surface area contributed by atoms with Gasteiger partial charge >= 0.3 is 0 Å². The van der Waals surface area contributed by atoms with E-state index in [1.54, 1.807) is 25.1 Å². The number of nitrogens with zero attached hydrogens (tertiary/aromatic N) is 4. The number of fused-ring (bicyclic) bond motifs is 2. The van der Waals surface area contributed by atoms with Crippen LogP contribution in [0.1, 0.15) is 32.1 Å². The van der Waals surface area contributed by atoms with Crippen molar-refractivity contribution in [1.82, 2.24) is 4.98 Å². The lowest BCUT2D eigenvalue weighted by Crippen LogP contribution is -2.58. The highest BCUT2D eigenvalue weighted by atomic mass is 16.7. The molecule has 0 amide bonds. The molecule has 2 aliphatic rings. The molecule has 4 unspecified atom stereocenters. The second-order valence-corrected chi connectivity index (χ2v) is 6.11. The molecule has 120 valence electrons. The van der Waals surface area contributed by atoms with Crippen LogP contribution in [0.3, 0.4) is 0 Å². The average molecular weight is 321 g/mol. The van der Waals surface area contributed by atoms with Crippen LogP contribution in [0, 0.1) is 56.2 Å². The Morgan fingerprint density at radius 3 is 2.46 bits per heavy atom. The van der Waals surface area contributed by atoms with Crippen LogP contribution in [0.15, 0.2) is 24.4 Å². The highest BCUT2D eigenvalue weighted by Crippen LogP contribution is 2.66. The first-order chi connectivity index (χ1) is 11.5. The highest BCUT2D eigenvalue weighted by Gasteiger charge is 2.79. The summed E-state index contributed by atoms with van der Waals surface area (Å²) in [5, 5.41) is 38.1. The maximum atomic E-state index is 9.97. The zero-order valence-corrected chi connectivity index (χ0v) is 13.3. The monoisotopic (exact) mass is 321 g/mol. The van der Waals surface area contributed by atoms with Crippen molar-refractivity contribution in [1.29, 1.82) is 21.2 Å². The van der Waals surface area contributed by atoms with Crippen molar-refractivity contribution in [2.24, 2.45) is 16.7 Å². The van der Waals surface area contributed by atoms with E-state index in [0.717, 1.165) is 0 Å². The average Bonchev–Trinajstić information content (AvgIpc) is 2.78. The second-order valence-electron chi connectivity index (χ2n) is 6.11. The van der Waals surface area contributed by atoms with Crippen molar-refractivity contribution >= 4 is 5.90 Å². The Hall–Kier alpha value is -2.95. The topological polar surface area (TPSA) is 127 Å². The minimum Gasteiger partial charge on any atom is -0.448 e. The Balaban J connectivity index is 2.34. The third kappa shape index (κ3) is 1.56. The van der Waals surface area contributed by atoms with Crippen molar-refractivity contribution < 1.29 is 9.47 Å². The molecule has 0 aliphatic carbocycles. The van der Waals surface area contributed by atoms with Crippen molar-refractivity contribution in [3.63, 3.8) is 0 Å². The zero-order chi connectivity index (χ0) is 17.6. The molecule has 2 aliphatic heterocycles. The van der Waals surface area contributed by atoms with E-state index in [9.17, 15) is 15.8 Å². The quantitative estimate of drug-likeness (QED) is 0.891. The first kappa shape index (κ1) is 15.9. The summed E-state index contributed by atoms with van der Waals surface area (Å²) in [5.74, 6) is -2.26. The molecule has 1 aromatic rings. The maximum absolute atomic E-state index is 9.97. The van der Waals surface area contributed by atoms with E-state index in [1.165, 1.54) is 6.20 Å². The minimum atomic E-state index is -1.93. The molecule has 2 saturated heterocycles. The Kier molecular flexibility index (Phi) is 3.34. The van der Waals surface area contributed by atoms with Gasteiger partial charge in [-0.1, -0.05) is 13.0 Å². The number of nitriles is 3. The van der Waals surface area contributed by atoms with Gasteiger partial charge in [0.05, 0.1) is 29.8 Å². The summed E-state index contributed by atoms with van der Waals surface area (Å²) in [5.41, 5.74) is -3.27. The summed E-state index contributed by atoms with van der Waals surface area (Å²) in [4.78, 5) is 4.20. The fourth-order valence-corrected chi connectivity index (χ4v) is 4.02. The van der Waals surface area contributed by atoms with E-state index >= 15 is 0 Å². The summed E-state index contributed by atoms with van der Waals surface area (Å²) in [6, 6.07) is 11.1. The first-order valence-corrected chi connectivity index (χ1v) is 7.56. The van der Waals surface area contributed by atoms with Crippen LogP contribution in [0.2, 0.25) is 0 Å². The van der Waals surface area contributed by atoms with E-state index in [4.69, 9.17) is 14.9 Å². The zero-order valence-electron chi connectivity index (χ0n) is 13.3. The number of hydrogen-bond acceptors (Lipinski definition) is 7. The van der Waals surface area contributed by atoms with Crippen LogP contribution < -0.4 is 0 Å². The lowest BCUT2D eigenvalue weighted by atomic mass is 9.53. The van der Waals surface area contributed by atoms with E-state index < -0.39 is 28.6 Å². The van der Waals surface area contributed by atoms with Crippen molar-refractivity contribution in [3.8, 4) is 18.2 Å². The molecule has 2 fully saturated rings. The molecule has 2 bridgehead atoms. The van der Waals surface area contributed by atoms with Gasteiger partial charge in [0.1, 0.15) is 6.10 Å². The third-order valence-electron chi connectivity index (χ3n) is 5.08. The van der Waals surface area contributed by atoms with E-state index in [1.807, 2.05) is 19.1 Å². The molecule has 1 aromatic heterocycles. The number of nitrogens with one attached hydrogen (secondary N) is 1. The Bertz CT molecular complexity index is 804. The number of aromatic nitrogens is 1. The molecule has 0 saturated carbocycles. The first-order valence-electron chi connectivity index (χ1n) is 7.56. The molecule has 4 atom stereocenters. The van der Waals surface area contributed by atoms with Crippen LogP contribution in [0.25, 0.3) is 0 Å². The molecule has 3 heterocycles. The number of hydrogen-bond donors (Lipinski definition) is 1. The van der Waals surface area contributed by atoms with Crippen molar-refractivity contribution in [2.75, 3.05) is 0 Å². The van der Waals surface area contributed by atoms with Gasteiger partial charge in [-0.3, -0.25) is 10.4 Å². The van der Waals surface area contributed by atoms with Gasteiger partial charge in [-0.15, -0.1) is 0 Å². The standard InChI is InChI=1S/C17H15N5O2/c1-3-12-15(2)23-13(11-6-4-5-7-22-11)16(8-18,9-19)17(12,10-20)14(21)24-15/h4-7,12-13,21H,3H2,1-2H3. The normalized spacial score (nSPS) is 36.0. The molecule has 0 spiro atoms. The van der Waals surface area contributed by atoms with E-state index in [2.05, 4.69) is 11.1 Å². The summed E-state index contributed by atoms with van der Waals surface area (Å²) >= 11 is 0. The van der Waals surface area contributed by atoms with Crippen molar-refractivity contribution in [3.05, 3.63) is 30.1 Å². The second kappa shape index (κ2) is 5.03. The van der Waals surface area contributed by atoms with E-state index in [-0.39, 0.29) is 5.90 Å². The largest absolute Gasteiger partial charge is 0.448 e. The number of ether oxygens (including phenoxy) is 2. The van der Waals surface area contributed by atoms with Crippen LogP contribution in [0.4, 0.5) is 0 Å². The summed E-state index contributed by atoms with van der Waals surface area (Å²) in [6.45, 7) is 3.46. The smallest absolute Gasteiger partial charge is 0.214 e. The summed E-state index contributed by atoms with van der Waals surface area (Å²) < 4.78 is 11.6. The number of rotatable bonds is 2.